The van der Waals surface area contributed by atoms with Crippen molar-refractivity contribution in [3.05, 3.63) is 24.3 Å². The molecular formula is C28H50N4O11. The number of carbonyl (C=O) groups is 4. The zero-order valence-corrected chi connectivity index (χ0v) is 25.6. The van der Waals surface area contributed by atoms with Crippen molar-refractivity contribution in [2.75, 3.05) is 105 Å². The van der Waals surface area contributed by atoms with Crippen molar-refractivity contribution in [2.45, 2.75) is 26.7 Å². The van der Waals surface area contributed by atoms with Gasteiger partial charge in [0.05, 0.1) is 52.9 Å². The number of nitrogens with one attached hydrogen (secondary N) is 4. The first-order valence-electron chi connectivity index (χ1n) is 14.3. The molecule has 0 saturated heterocycles. The van der Waals surface area contributed by atoms with E-state index in [0.29, 0.717) is 103 Å². The molecule has 0 aliphatic heterocycles. The summed E-state index contributed by atoms with van der Waals surface area (Å²) in [5, 5.41) is 10.8. The first kappa shape index (κ1) is 39.8. The monoisotopic (exact) mass is 618 g/mol. The minimum atomic E-state index is -0.454. The highest BCUT2D eigenvalue weighted by molar-refractivity contribution is 5.87. The smallest absolute Gasteiger partial charge is 0.333 e. The Bertz CT molecular complexity index is 748. The standard InChI is InChI=1S/C28H50N4O11/c1-23(2)25(33)42-21-19-39-13-9-31-27(35)29-7-5-11-37-15-17-41-18-16-38-12-6-8-30-28(36)32-10-14-40-20-22-43-26(34)24(3)4/h1,3,5-22H2,2,4H3,(H2,29,31,35)(H2,30,32,36). The maximum atomic E-state index is 11.7. The molecule has 0 saturated carbocycles. The maximum Gasteiger partial charge on any atom is 0.333 e. The zero-order valence-electron chi connectivity index (χ0n) is 25.6. The molecule has 4 N–H and O–H groups in total. The van der Waals surface area contributed by atoms with E-state index in [1.807, 2.05) is 0 Å². The summed E-state index contributed by atoms with van der Waals surface area (Å²) in [6.07, 6.45) is 1.32. The van der Waals surface area contributed by atoms with Crippen molar-refractivity contribution < 1.29 is 52.3 Å². The number of carbonyl (C=O) groups excluding carboxylic acids is 4. The third kappa shape index (κ3) is 28.6. The fourth-order valence-corrected chi connectivity index (χ4v) is 2.73. The van der Waals surface area contributed by atoms with Gasteiger partial charge in [-0.05, 0) is 26.7 Å². The van der Waals surface area contributed by atoms with Crippen LogP contribution in [0.4, 0.5) is 9.59 Å². The average Bonchev–Trinajstić information content (AvgIpc) is 2.97. The van der Waals surface area contributed by atoms with E-state index in [1.165, 1.54) is 0 Å². The van der Waals surface area contributed by atoms with E-state index >= 15 is 0 Å². The summed E-state index contributed by atoms with van der Waals surface area (Å²) in [6, 6.07) is -0.586. The maximum absolute atomic E-state index is 11.7. The molecule has 0 aromatic carbocycles. The number of hydrogen-bond acceptors (Lipinski definition) is 11. The van der Waals surface area contributed by atoms with Crippen molar-refractivity contribution in [1.29, 1.82) is 0 Å². The summed E-state index contributed by atoms with van der Waals surface area (Å²) in [5.74, 6) is -0.909. The van der Waals surface area contributed by atoms with Crippen molar-refractivity contribution in [3.8, 4) is 0 Å². The van der Waals surface area contributed by atoms with Crippen LogP contribution in [0.15, 0.2) is 24.3 Å². The Kier molecular flexibility index (Phi) is 26.7. The molecule has 0 radical (unpaired) electrons. The van der Waals surface area contributed by atoms with E-state index in [-0.39, 0.29) is 38.5 Å². The van der Waals surface area contributed by atoms with Gasteiger partial charge in [0.2, 0.25) is 0 Å². The van der Waals surface area contributed by atoms with Crippen LogP contribution in [0, 0.1) is 0 Å². The van der Waals surface area contributed by atoms with Gasteiger partial charge in [-0.15, -0.1) is 0 Å². The van der Waals surface area contributed by atoms with Crippen LogP contribution in [0.2, 0.25) is 0 Å². The molecule has 4 amide bonds. The first-order valence-corrected chi connectivity index (χ1v) is 14.3. The van der Waals surface area contributed by atoms with Crippen LogP contribution < -0.4 is 21.3 Å². The van der Waals surface area contributed by atoms with Crippen LogP contribution >= 0.6 is 0 Å². The van der Waals surface area contributed by atoms with Crippen molar-refractivity contribution in [2.24, 2.45) is 0 Å². The van der Waals surface area contributed by atoms with E-state index in [4.69, 9.17) is 33.2 Å². The Labute approximate surface area is 254 Å². The van der Waals surface area contributed by atoms with Gasteiger partial charge < -0.3 is 54.4 Å². The van der Waals surface area contributed by atoms with Gasteiger partial charge in [0.25, 0.3) is 0 Å². The molecule has 0 unspecified atom stereocenters. The Hall–Kier alpha value is -3.24. The molecule has 248 valence electrons. The second kappa shape index (κ2) is 28.9. The summed E-state index contributed by atoms with van der Waals surface area (Å²) in [5.41, 5.74) is 0.669. The molecule has 0 aromatic heterocycles. The Morgan fingerprint density at radius 2 is 0.744 bits per heavy atom. The lowest BCUT2D eigenvalue weighted by Gasteiger charge is -2.10. The van der Waals surface area contributed by atoms with Gasteiger partial charge >= 0.3 is 24.0 Å². The normalized spacial score (nSPS) is 10.5. The van der Waals surface area contributed by atoms with E-state index < -0.39 is 11.9 Å². The summed E-state index contributed by atoms with van der Waals surface area (Å²) >= 11 is 0. The molecule has 15 nitrogen and oxygen atoms in total. The van der Waals surface area contributed by atoms with Crippen LogP contribution in [0.1, 0.15) is 26.7 Å². The molecule has 0 aliphatic rings. The first-order chi connectivity index (χ1) is 20.7. The predicted octanol–water partition coefficient (Wildman–Crippen LogP) is 0.687. The topological polar surface area (TPSA) is 181 Å². The highest BCUT2D eigenvalue weighted by Crippen LogP contribution is 1.92. The second-order valence-electron chi connectivity index (χ2n) is 8.97. The molecule has 0 bridgehead atoms. The SMILES string of the molecule is C=C(C)C(=O)OCCOCCNC(=O)NCCCOCCOCCOCCCNC(=O)NCCOCCOC(=O)C(=C)C. The van der Waals surface area contributed by atoms with Gasteiger partial charge in [-0.2, -0.15) is 0 Å². The number of urea groups is 2. The molecule has 0 aromatic rings. The lowest BCUT2D eigenvalue weighted by atomic mass is 10.4. The van der Waals surface area contributed by atoms with Crippen molar-refractivity contribution in [3.63, 3.8) is 0 Å². The number of esters is 2. The Balaban J connectivity index is 3.29. The number of ether oxygens (including phenoxy) is 7. The molecule has 43 heavy (non-hydrogen) atoms. The summed E-state index contributed by atoms with van der Waals surface area (Å²) in [6.45, 7) is 15.9. The lowest BCUT2D eigenvalue weighted by molar-refractivity contribution is -0.141. The van der Waals surface area contributed by atoms with Crippen molar-refractivity contribution in [1.82, 2.24) is 21.3 Å². The lowest BCUT2D eigenvalue weighted by Crippen LogP contribution is -2.38. The fourth-order valence-electron chi connectivity index (χ4n) is 2.73. The average molecular weight is 619 g/mol. The van der Waals surface area contributed by atoms with E-state index in [1.54, 1.807) is 13.8 Å². The molecule has 0 spiro atoms. The number of hydrogen-bond donors (Lipinski definition) is 4. The molecular weight excluding hydrogens is 568 g/mol. The van der Waals surface area contributed by atoms with Gasteiger partial charge in [0.1, 0.15) is 13.2 Å². The highest BCUT2D eigenvalue weighted by Gasteiger charge is 2.04. The quantitative estimate of drug-likeness (QED) is 0.0550. The number of amides is 4. The van der Waals surface area contributed by atoms with Crippen molar-refractivity contribution >= 4 is 24.0 Å². The van der Waals surface area contributed by atoms with Crippen LogP contribution in [-0.2, 0) is 42.7 Å². The minimum absolute atomic E-state index is 0.137. The summed E-state index contributed by atoms with van der Waals surface area (Å²) in [4.78, 5) is 45.7. The zero-order chi connectivity index (χ0) is 32.0. The Morgan fingerprint density at radius 3 is 1.12 bits per heavy atom. The van der Waals surface area contributed by atoms with Gasteiger partial charge in [-0.3, -0.25) is 0 Å². The van der Waals surface area contributed by atoms with Crippen LogP contribution in [-0.4, -0.2) is 129 Å². The molecule has 0 atom stereocenters. The summed E-state index contributed by atoms with van der Waals surface area (Å²) < 4.78 is 36.6. The number of rotatable bonds is 28. The van der Waals surface area contributed by atoms with Crippen LogP contribution in [0.25, 0.3) is 0 Å². The van der Waals surface area contributed by atoms with Gasteiger partial charge in [-0.1, -0.05) is 13.2 Å². The third-order valence-corrected chi connectivity index (χ3v) is 4.93. The minimum Gasteiger partial charge on any atom is -0.460 e. The molecule has 15 heteroatoms. The van der Waals surface area contributed by atoms with Gasteiger partial charge in [0.15, 0.2) is 0 Å². The van der Waals surface area contributed by atoms with E-state index in [2.05, 4.69) is 34.4 Å². The molecule has 0 rings (SSSR count). The molecule has 0 heterocycles. The van der Waals surface area contributed by atoms with Gasteiger partial charge in [-0.25, -0.2) is 19.2 Å². The predicted molar refractivity (Wildman–Crippen MR) is 158 cm³/mol. The molecule has 0 aliphatic carbocycles. The highest BCUT2D eigenvalue weighted by atomic mass is 16.6. The van der Waals surface area contributed by atoms with Gasteiger partial charge in [0, 0.05) is 50.5 Å². The third-order valence-electron chi connectivity index (χ3n) is 4.93. The second-order valence-corrected chi connectivity index (χ2v) is 8.97. The summed E-state index contributed by atoms with van der Waals surface area (Å²) in [7, 11) is 0. The van der Waals surface area contributed by atoms with E-state index in [9.17, 15) is 19.2 Å². The Morgan fingerprint density at radius 1 is 0.442 bits per heavy atom. The molecule has 0 fully saturated rings. The fraction of sp³-hybridized carbons (Fsp3) is 0.714. The van der Waals surface area contributed by atoms with Crippen LogP contribution in [0.5, 0.6) is 0 Å². The van der Waals surface area contributed by atoms with Crippen LogP contribution in [0.3, 0.4) is 0 Å². The van der Waals surface area contributed by atoms with E-state index in [0.717, 1.165) is 0 Å². The largest absolute Gasteiger partial charge is 0.460 e.